The lowest BCUT2D eigenvalue weighted by atomic mass is 10.1. The third-order valence-electron chi connectivity index (χ3n) is 4.14. The summed E-state index contributed by atoms with van der Waals surface area (Å²) < 4.78 is 5.84. The van der Waals surface area contributed by atoms with E-state index >= 15 is 0 Å². The van der Waals surface area contributed by atoms with E-state index in [1.165, 1.54) is 0 Å². The first-order valence-corrected chi connectivity index (χ1v) is 8.06. The summed E-state index contributed by atoms with van der Waals surface area (Å²) in [4.78, 5) is 15.3. The normalized spacial score (nSPS) is 15.3. The number of carbonyl (C=O) groups is 1. The van der Waals surface area contributed by atoms with E-state index in [9.17, 15) is 4.79 Å². The third-order valence-corrected chi connectivity index (χ3v) is 4.66. The smallest absolute Gasteiger partial charge is 0.252 e. The van der Waals surface area contributed by atoms with Crippen LogP contribution in [0.5, 0.6) is 5.75 Å². The second-order valence-electron chi connectivity index (χ2n) is 5.68. The molecule has 3 rings (SSSR count). The van der Waals surface area contributed by atoms with Gasteiger partial charge in [-0.2, -0.15) is 0 Å². The number of nitrogens with zero attached hydrogens (tertiary/aromatic N) is 1. The maximum absolute atomic E-state index is 11.1. The summed E-state index contributed by atoms with van der Waals surface area (Å²) in [5.41, 5.74) is 2.15. The van der Waals surface area contributed by atoms with Gasteiger partial charge >= 0.3 is 0 Å². The largest absolute Gasteiger partial charge is 0.490 e. The van der Waals surface area contributed by atoms with E-state index in [1.807, 2.05) is 13.1 Å². The van der Waals surface area contributed by atoms with Crippen LogP contribution in [0.15, 0.2) is 36.5 Å². The SMILES string of the molecule is CNC1(COc2cnc(Cl)c(-c3ccc(C(=O)Cl)cc3)c2)CC1. The molecule has 0 spiro atoms. The molecule has 1 aromatic heterocycles. The quantitative estimate of drug-likeness (QED) is 0.633. The van der Waals surface area contributed by atoms with Crippen LogP contribution in [-0.2, 0) is 0 Å². The first kappa shape index (κ1) is 16.2. The zero-order valence-corrected chi connectivity index (χ0v) is 14.1. The summed E-state index contributed by atoms with van der Waals surface area (Å²) in [6, 6.07) is 8.76. The van der Waals surface area contributed by atoms with E-state index in [-0.39, 0.29) is 5.54 Å². The Balaban J connectivity index is 1.81. The molecule has 2 aromatic rings. The Morgan fingerprint density at radius 2 is 2.04 bits per heavy atom. The Bertz CT molecular complexity index is 728. The van der Waals surface area contributed by atoms with Crippen molar-refractivity contribution in [2.24, 2.45) is 0 Å². The average molecular weight is 351 g/mol. The summed E-state index contributed by atoms with van der Waals surface area (Å²) in [6.45, 7) is 0.603. The van der Waals surface area contributed by atoms with Gasteiger partial charge in [-0.15, -0.1) is 0 Å². The van der Waals surface area contributed by atoms with E-state index in [0.29, 0.717) is 23.1 Å². The summed E-state index contributed by atoms with van der Waals surface area (Å²) in [7, 11) is 1.95. The predicted molar refractivity (Wildman–Crippen MR) is 91.4 cm³/mol. The van der Waals surface area contributed by atoms with Crippen LogP contribution in [-0.4, -0.2) is 29.4 Å². The van der Waals surface area contributed by atoms with Crippen LogP contribution in [0.1, 0.15) is 23.2 Å². The molecule has 4 nitrogen and oxygen atoms in total. The van der Waals surface area contributed by atoms with Crippen molar-refractivity contribution in [3.05, 3.63) is 47.2 Å². The highest BCUT2D eigenvalue weighted by atomic mass is 35.5. The molecular formula is C17H16Cl2N2O2. The lowest BCUT2D eigenvalue weighted by Crippen LogP contribution is -2.33. The van der Waals surface area contributed by atoms with E-state index in [0.717, 1.165) is 24.0 Å². The number of aromatic nitrogens is 1. The Kier molecular flexibility index (Phi) is 4.57. The van der Waals surface area contributed by atoms with Gasteiger partial charge in [-0.3, -0.25) is 4.79 Å². The summed E-state index contributed by atoms with van der Waals surface area (Å²) in [6.07, 6.45) is 3.85. The van der Waals surface area contributed by atoms with Crippen LogP contribution in [0.3, 0.4) is 0 Å². The van der Waals surface area contributed by atoms with Crippen LogP contribution in [0.2, 0.25) is 5.15 Å². The third kappa shape index (κ3) is 3.66. The number of hydrogen-bond donors (Lipinski definition) is 1. The van der Waals surface area contributed by atoms with Crippen molar-refractivity contribution in [3.63, 3.8) is 0 Å². The van der Waals surface area contributed by atoms with Crippen LogP contribution < -0.4 is 10.1 Å². The van der Waals surface area contributed by atoms with Gasteiger partial charge in [0.1, 0.15) is 17.5 Å². The number of benzene rings is 1. The number of rotatable bonds is 6. The van der Waals surface area contributed by atoms with Crippen LogP contribution in [0, 0.1) is 0 Å². The van der Waals surface area contributed by atoms with Gasteiger partial charge in [0.2, 0.25) is 0 Å². The highest BCUT2D eigenvalue weighted by Crippen LogP contribution is 2.36. The molecule has 120 valence electrons. The standard InChI is InChI=1S/C17H16Cl2N2O2/c1-20-17(6-7-17)10-23-13-8-14(15(18)21-9-13)11-2-4-12(5-3-11)16(19)22/h2-5,8-9,20H,6-7,10H2,1H3. The molecule has 0 bridgehead atoms. The van der Waals surface area contributed by atoms with Crippen LogP contribution in [0.4, 0.5) is 0 Å². The van der Waals surface area contributed by atoms with Crippen molar-refractivity contribution < 1.29 is 9.53 Å². The van der Waals surface area contributed by atoms with Crippen LogP contribution >= 0.6 is 23.2 Å². The molecule has 1 fully saturated rings. The van der Waals surface area contributed by atoms with Gasteiger partial charge in [0.25, 0.3) is 5.24 Å². The molecule has 1 aliphatic rings. The van der Waals surface area contributed by atoms with Crippen molar-refractivity contribution in [1.82, 2.24) is 10.3 Å². The van der Waals surface area contributed by atoms with Gasteiger partial charge in [-0.05, 0) is 55.3 Å². The Morgan fingerprint density at radius 3 is 2.61 bits per heavy atom. The minimum absolute atomic E-state index is 0.0994. The van der Waals surface area contributed by atoms with E-state index in [1.54, 1.807) is 30.5 Å². The van der Waals surface area contributed by atoms with Gasteiger partial charge < -0.3 is 10.1 Å². The second kappa shape index (κ2) is 6.48. The highest BCUT2D eigenvalue weighted by Gasteiger charge is 2.41. The molecule has 0 atom stereocenters. The lowest BCUT2D eigenvalue weighted by molar-refractivity contribution is 0.108. The van der Waals surface area contributed by atoms with Crippen molar-refractivity contribution in [2.75, 3.05) is 13.7 Å². The molecule has 1 aromatic carbocycles. The second-order valence-corrected chi connectivity index (χ2v) is 6.38. The fourth-order valence-electron chi connectivity index (χ4n) is 2.33. The number of hydrogen-bond acceptors (Lipinski definition) is 4. The Hall–Kier alpha value is -1.62. The summed E-state index contributed by atoms with van der Waals surface area (Å²) in [5, 5.41) is 3.18. The fraction of sp³-hybridized carbons (Fsp3) is 0.294. The van der Waals surface area contributed by atoms with E-state index in [2.05, 4.69) is 10.3 Å². The monoisotopic (exact) mass is 350 g/mol. The highest BCUT2D eigenvalue weighted by molar-refractivity contribution is 6.67. The van der Waals surface area contributed by atoms with Crippen molar-refractivity contribution in [2.45, 2.75) is 18.4 Å². The minimum atomic E-state index is -0.486. The first-order valence-electron chi connectivity index (χ1n) is 7.30. The molecule has 0 aliphatic heterocycles. The zero-order chi connectivity index (χ0) is 16.4. The maximum Gasteiger partial charge on any atom is 0.252 e. The summed E-state index contributed by atoms with van der Waals surface area (Å²) in [5.74, 6) is 0.670. The molecule has 6 heteroatoms. The Labute approximate surface area is 144 Å². The minimum Gasteiger partial charge on any atom is -0.490 e. The Morgan fingerprint density at radius 1 is 1.35 bits per heavy atom. The van der Waals surface area contributed by atoms with Gasteiger partial charge in [0.15, 0.2) is 0 Å². The number of carbonyl (C=O) groups excluding carboxylic acids is 1. The number of halogens is 2. The average Bonchev–Trinajstić information content (AvgIpc) is 3.35. The number of ether oxygens (including phenoxy) is 1. The zero-order valence-electron chi connectivity index (χ0n) is 12.6. The maximum atomic E-state index is 11.1. The van der Waals surface area contributed by atoms with Gasteiger partial charge in [-0.25, -0.2) is 4.98 Å². The first-order chi connectivity index (χ1) is 11.0. The van der Waals surface area contributed by atoms with Gasteiger partial charge in [-0.1, -0.05) is 23.7 Å². The van der Waals surface area contributed by atoms with Crippen molar-refractivity contribution in [3.8, 4) is 16.9 Å². The molecule has 0 saturated heterocycles. The van der Waals surface area contributed by atoms with Gasteiger partial charge in [0, 0.05) is 11.1 Å². The predicted octanol–water partition coefficient (Wildman–Crippen LogP) is 3.91. The molecule has 1 aliphatic carbocycles. The number of nitrogens with one attached hydrogen (secondary N) is 1. The molecule has 23 heavy (non-hydrogen) atoms. The fourth-order valence-corrected chi connectivity index (χ4v) is 2.67. The number of likely N-dealkylation sites (N-methyl/N-ethyl adjacent to an activating group) is 1. The molecule has 0 amide bonds. The van der Waals surface area contributed by atoms with Crippen molar-refractivity contribution >= 4 is 28.4 Å². The molecule has 1 saturated carbocycles. The molecule has 0 unspecified atom stereocenters. The lowest BCUT2D eigenvalue weighted by Gasteiger charge is -2.15. The molecular weight excluding hydrogens is 335 g/mol. The number of pyridine rings is 1. The topological polar surface area (TPSA) is 51.2 Å². The molecule has 0 radical (unpaired) electrons. The molecule has 1 N–H and O–H groups in total. The summed E-state index contributed by atoms with van der Waals surface area (Å²) >= 11 is 11.6. The van der Waals surface area contributed by atoms with Crippen LogP contribution in [0.25, 0.3) is 11.1 Å². The molecule has 1 heterocycles. The van der Waals surface area contributed by atoms with Crippen molar-refractivity contribution in [1.29, 1.82) is 0 Å². The van der Waals surface area contributed by atoms with E-state index in [4.69, 9.17) is 27.9 Å². The van der Waals surface area contributed by atoms with Gasteiger partial charge in [0.05, 0.1) is 11.7 Å². The van der Waals surface area contributed by atoms with E-state index < -0.39 is 5.24 Å².